The molecule has 1 aliphatic carbocycles. The number of ketones is 1. The zero-order valence-corrected chi connectivity index (χ0v) is 17.1. The smallest absolute Gasteiger partial charge is 0.339 e. The Labute approximate surface area is 188 Å². The lowest BCUT2D eigenvalue weighted by Gasteiger charge is -2.43. The van der Waals surface area contributed by atoms with Crippen LogP contribution in [0.4, 0.5) is 0 Å². The summed E-state index contributed by atoms with van der Waals surface area (Å²) >= 11 is 0. The molecule has 6 rings (SSSR count). The third-order valence-electron chi connectivity index (χ3n) is 6.37. The number of allylic oxidation sites excluding steroid dienone is 3. The normalized spacial score (nSPS) is 22.4. The number of aromatic carboxylic acids is 1. The van der Waals surface area contributed by atoms with Crippen molar-refractivity contribution < 1.29 is 29.0 Å². The van der Waals surface area contributed by atoms with Crippen molar-refractivity contribution >= 4 is 23.3 Å². The number of hydrogen-bond donors (Lipinski definition) is 1. The highest BCUT2D eigenvalue weighted by molar-refractivity contribution is 6.25. The number of para-hydroxylation sites is 1. The molecule has 1 spiro atoms. The Morgan fingerprint density at radius 2 is 1.64 bits per heavy atom. The second-order valence-electron chi connectivity index (χ2n) is 8.10. The average Bonchev–Trinajstić information content (AvgIpc) is 3.12. The molecule has 0 bridgehead atoms. The SMILES string of the molecule is O=C(O)c1cccc(C2=CC=C3Oc4ccccc4C4(OC(=O)c5ccccc54)C3C2=O)c1. The number of Topliss-reactive ketones (excluding diaryl/α,β-unsaturated/α-hetero) is 1. The molecule has 0 saturated carbocycles. The molecule has 0 fully saturated rings. The van der Waals surface area contributed by atoms with Crippen LogP contribution in [-0.4, -0.2) is 22.8 Å². The van der Waals surface area contributed by atoms with Crippen LogP contribution in [-0.2, 0) is 15.1 Å². The number of hydrogen-bond acceptors (Lipinski definition) is 5. The van der Waals surface area contributed by atoms with Gasteiger partial charge in [-0.05, 0) is 42.0 Å². The van der Waals surface area contributed by atoms with Crippen LogP contribution in [0.15, 0.2) is 90.7 Å². The molecule has 160 valence electrons. The molecule has 3 aliphatic rings. The van der Waals surface area contributed by atoms with Crippen molar-refractivity contribution in [3.8, 4) is 5.75 Å². The number of esters is 1. The number of benzene rings is 3. The first-order valence-corrected chi connectivity index (χ1v) is 10.4. The summed E-state index contributed by atoms with van der Waals surface area (Å²) in [6, 6.07) is 20.5. The quantitative estimate of drug-likeness (QED) is 0.601. The van der Waals surface area contributed by atoms with Gasteiger partial charge < -0.3 is 14.6 Å². The molecule has 3 aromatic carbocycles. The number of carbonyl (C=O) groups is 3. The molecular formula is C27H16O6. The largest absolute Gasteiger partial charge is 0.478 e. The number of carboxylic acids is 1. The van der Waals surface area contributed by atoms with Crippen molar-refractivity contribution in [3.63, 3.8) is 0 Å². The van der Waals surface area contributed by atoms with Gasteiger partial charge in [-0.25, -0.2) is 9.59 Å². The van der Waals surface area contributed by atoms with Crippen molar-refractivity contribution in [3.05, 3.63) is 119 Å². The van der Waals surface area contributed by atoms with Crippen LogP contribution in [0.25, 0.3) is 5.57 Å². The molecule has 0 saturated heterocycles. The van der Waals surface area contributed by atoms with E-state index in [2.05, 4.69) is 0 Å². The molecular weight excluding hydrogens is 420 g/mol. The Kier molecular flexibility index (Phi) is 3.95. The zero-order valence-electron chi connectivity index (χ0n) is 17.1. The van der Waals surface area contributed by atoms with Crippen LogP contribution < -0.4 is 4.74 Å². The first kappa shape index (κ1) is 19.3. The Hall–Kier alpha value is -4.45. The Balaban J connectivity index is 1.59. The van der Waals surface area contributed by atoms with E-state index in [0.29, 0.717) is 39.3 Å². The molecule has 2 heterocycles. The van der Waals surface area contributed by atoms with Gasteiger partial charge in [-0.15, -0.1) is 0 Å². The lowest BCUT2D eigenvalue weighted by Crippen LogP contribution is -2.47. The average molecular weight is 436 g/mol. The molecule has 6 nitrogen and oxygen atoms in total. The standard InChI is InChI=1S/C27H16O6/c28-24-17(15-6-5-7-16(14-15)25(29)30)12-13-22-23(24)27(20-10-3-4-11-21(20)32-22)19-9-2-1-8-18(19)26(31)33-27/h1-14,23H,(H,29,30). The Morgan fingerprint density at radius 3 is 2.45 bits per heavy atom. The minimum atomic E-state index is -1.38. The third kappa shape index (κ3) is 2.58. The minimum absolute atomic E-state index is 0.0774. The molecule has 2 atom stereocenters. The molecule has 0 aromatic heterocycles. The summed E-state index contributed by atoms with van der Waals surface area (Å²) in [5.41, 5.74) is 1.11. The molecule has 3 aromatic rings. The van der Waals surface area contributed by atoms with Crippen molar-refractivity contribution in [2.24, 2.45) is 5.92 Å². The summed E-state index contributed by atoms with van der Waals surface area (Å²) in [6.45, 7) is 0. The lowest BCUT2D eigenvalue weighted by molar-refractivity contribution is -0.124. The molecule has 0 amide bonds. The van der Waals surface area contributed by atoms with Gasteiger partial charge in [0.25, 0.3) is 0 Å². The minimum Gasteiger partial charge on any atom is -0.478 e. The fourth-order valence-corrected chi connectivity index (χ4v) is 4.97. The van der Waals surface area contributed by atoms with Crippen LogP contribution in [0.5, 0.6) is 5.75 Å². The Bertz CT molecular complexity index is 1450. The number of carboxylic acid groups (broad SMARTS) is 1. The highest BCUT2D eigenvalue weighted by Crippen LogP contribution is 2.57. The molecule has 2 unspecified atom stereocenters. The van der Waals surface area contributed by atoms with E-state index in [9.17, 15) is 19.5 Å². The highest BCUT2D eigenvalue weighted by Gasteiger charge is 2.61. The maximum atomic E-state index is 14.0. The van der Waals surface area contributed by atoms with Crippen molar-refractivity contribution in [1.29, 1.82) is 0 Å². The fraction of sp³-hybridized carbons (Fsp3) is 0.0741. The first-order valence-electron chi connectivity index (χ1n) is 10.4. The molecule has 33 heavy (non-hydrogen) atoms. The summed E-state index contributed by atoms with van der Waals surface area (Å²) in [5, 5.41) is 9.38. The van der Waals surface area contributed by atoms with E-state index in [-0.39, 0.29) is 11.3 Å². The van der Waals surface area contributed by atoms with Gasteiger partial charge in [-0.3, -0.25) is 4.79 Å². The van der Waals surface area contributed by atoms with Crippen molar-refractivity contribution in [2.75, 3.05) is 0 Å². The van der Waals surface area contributed by atoms with Gasteiger partial charge in [0.2, 0.25) is 0 Å². The molecule has 1 N–H and O–H groups in total. The maximum Gasteiger partial charge on any atom is 0.339 e. The van der Waals surface area contributed by atoms with E-state index in [0.717, 1.165) is 0 Å². The van der Waals surface area contributed by atoms with E-state index in [1.807, 2.05) is 18.2 Å². The topological polar surface area (TPSA) is 89.9 Å². The van der Waals surface area contributed by atoms with Gasteiger partial charge in [-0.1, -0.05) is 48.5 Å². The van der Waals surface area contributed by atoms with Gasteiger partial charge in [0.05, 0.1) is 11.1 Å². The van der Waals surface area contributed by atoms with E-state index < -0.39 is 23.5 Å². The van der Waals surface area contributed by atoms with E-state index in [4.69, 9.17) is 9.47 Å². The first-order chi connectivity index (χ1) is 16.0. The second-order valence-corrected chi connectivity index (χ2v) is 8.10. The van der Waals surface area contributed by atoms with Gasteiger partial charge in [-0.2, -0.15) is 0 Å². The summed E-state index contributed by atoms with van der Waals surface area (Å²) in [7, 11) is 0. The van der Waals surface area contributed by atoms with Crippen LogP contribution >= 0.6 is 0 Å². The van der Waals surface area contributed by atoms with Crippen LogP contribution in [0.3, 0.4) is 0 Å². The van der Waals surface area contributed by atoms with Gasteiger partial charge >= 0.3 is 11.9 Å². The van der Waals surface area contributed by atoms with Crippen LogP contribution in [0.1, 0.15) is 37.4 Å². The summed E-state index contributed by atoms with van der Waals surface area (Å²) in [4.78, 5) is 38.4. The number of rotatable bonds is 2. The lowest BCUT2D eigenvalue weighted by atomic mass is 9.68. The molecule has 2 aliphatic heterocycles. The zero-order chi connectivity index (χ0) is 22.7. The second kappa shape index (κ2) is 6.77. The van der Waals surface area contributed by atoms with E-state index >= 15 is 0 Å². The van der Waals surface area contributed by atoms with Crippen LogP contribution in [0, 0.1) is 5.92 Å². The summed E-state index contributed by atoms with van der Waals surface area (Å²) in [6.07, 6.45) is 3.32. The van der Waals surface area contributed by atoms with Gasteiger partial charge in [0.15, 0.2) is 11.4 Å². The number of carbonyl (C=O) groups excluding carboxylic acids is 2. The van der Waals surface area contributed by atoms with E-state index in [1.54, 1.807) is 54.6 Å². The predicted octanol–water partition coefficient (Wildman–Crippen LogP) is 4.36. The number of fused-ring (bicyclic) bond motifs is 6. The van der Waals surface area contributed by atoms with Gasteiger partial charge in [0.1, 0.15) is 17.4 Å². The highest BCUT2D eigenvalue weighted by atomic mass is 16.6. The maximum absolute atomic E-state index is 14.0. The molecule has 0 radical (unpaired) electrons. The fourth-order valence-electron chi connectivity index (χ4n) is 4.97. The van der Waals surface area contributed by atoms with Gasteiger partial charge in [0, 0.05) is 16.7 Å². The van der Waals surface area contributed by atoms with Crippen molar-refractivity contribution in [1.82, 2.24) is 0 Å². The number of ether oxygens (including phenoxy) is 2. The third-order valence-corrected chi connectivity index (χ3v) is 6.37. The molecule has 6 heteroatoms. The summed E-state index contributed by atoms with van der Waals surface area (Å²) in [5.74, 6) is -1.95. The predicted molar refractivity (Wildman–Crippen MR) is 118 cm³/mol. The van der Waals surface area contributed by atoms with E-state index in [1.165, 1.54) is 12.1 Å². The summed E-state index contributed by atoms with van der Waals surface area (Å²) < 4.78 is 12.2. The van der Waals surface area contributed by atoms with Crippen LogP contribution in [0.2, 0.25) is 0 Å². The van der Waals surface area contributed by atoms with Crippen molar-refractivity contribution in [2.45, 2.75) is 5.60 Å². The monoisotopic (exact) mass is 436 g/mol. The Morgan fingerprint density at radius 1 is 0.879 bits per heavy atom.